The zero-order valence-electron chi connectivity index (χ0n) is 13.2. The minimum atomic E-state index is 0.156. The van der Waals surface area contributed by atoms with E-state index in [4.69, 9.17) is 4.74 Å². The fraction of sp³-hybridized carbons (Fsp3) is 0.625. The summed E-state index contributed by atoms with van der Waals surface area (Å²) in [6.45, 7) is 11.8. The summed E-state index contributed by atoms with van der Waals surface area (Å²) in [5, 5.41) is 3.35. The van der Waals surface area contributed by atoms with Crippen molar-refractivity contribution < 1.29 is 4.74 Å². The van der Waals surface area contributed by atoms with Crippen LogP contribution in [-0.2, 0) is 5.41 Å². The van der Waals surface area contributed by atoms with Gasteiger partial charge in [-0.25, -0.2) is 0 Å². The van der Waals surface area contributed by atoms with E-state index in [2.05, 4.69) is 63.2 Å². The lowest BCUT2D eigenvalue weighted by Crippen LogP contribution is -2.29. The van der Waals surface area contributed by atoms with Gasteiger partial charge in [-0.05, 0) is 29.7 Å². The lowest BCUT2D eigenvalue weighted by atomic mass is 9.86. The van der Waals surface area contributed by atoms with Gasteiger partial charge in [-0.2, -0.15) is 0 Å². The quantitative estimate of drug-likeness (QED) is 0.799. The molecule has 0 saturated carbocycles. The maximum Gasteiger partial charge on any atom is 0.142 e. The summed E-state index contributed by atoms with van der Waals surface area (Å²) in [5.41, 5.74) is 2.65. The third kappa shape index (κ3) is 4.43. The molecule has 0 aliphatic heterocycles. The first kappa shape index (κ1) is 15.8. The molecular formula is C16H28N2O. The van der Waals surface area contributed by atoms with Crippen LogP contribution in [0, 0.1) is 0 Å². The molecule has 0 saturated heterocycles. The highest BCUT2D eigenvalue weighted by atomic mass is 16.5. The van der Waals surface area contributed by atoms with Crippen molar-refractivity contribution in [1.29, 1.82) is 0 Å². The maximum absolute atomic E-state index is 5.48. The third-order valence-electron chi connectivity index (χ3n) is 3.33. The van der Waals surface area contributed by atoms with E-state index in [0.29, 0.717) is 0 Å². The highest BCUT2D eigenvalue weighted by Crippen LogP contribution is 2.33. The SMILES string of the molecule is CCNCCN(C)c1cc(C(C)(C)C)ccc1OC. The molecule has 0 fully saturated rings. The van der Waals surface area contributed by atoms with E-state index in [1.807, 2.05) is 0 Å². The Bertz CT molecular complexity index is 396. The van der Waals surface area contributed by atoms with Crippen molar-refractivity contribution in [2.75, 3.05) is 38.7 Å². The predicted molar refractivity (Wildman–Crippen MR) is 83.5 cm³/mol. The zero-order chi connectivity index (χ0) is 14.5. The van der Waals surface area contributed by atoms with Crippen LogP contribution in [0.15, 0.2) is 18.2 Å². The maximum atomic E-state index is 5.48. The second-order valence-electron chi connectivity index (χ2n) is 5.91. The number of hydrogen-bond acceptors (Lipinski definition) is 3. The molecule has 0 heterocycles. The van der Waals surface area contributed by atoms with Crippen LogP contribution in [0.1, 0.15) is 33.3 Å². The standard InChI is InChI=1S/C16H28N2O/c1-7-17-10-11-18(5)14-12-13(16(2,3)4)8-9-15(14)19-6/h8-9,12,17H,7,10-11H2,1-6H3. The van der Waals surface area contributed by atoms with Crippen LogP contribution in [0.3, 0.4) is 0 Å². The average molecular weight is 264 g/mol. The van der Waals surface area contributed by atoms with Gasteiger partial charge in [0.05, 0.1) is 12.8 Å². The first-order chi connectivity index (χ1) is 8.90. The lowest BCUT2D eigenvalue weighted by Gasteiger charge is -2.26. The number of ether oxygens (including phenoxy) is 1. The average Bonchev–Trinajstić information content (AvgIpc) is 2.37. The molecule has 0 spiro atoms. The molecular weight excluding hydrogens is 236 g/mol. The Balaban J connectivity index is 2.95. The third-order valence-corrected chi connectivity index (χ3v) is 3.33. The van der Waals surface area contributed by atoms with Gasteiger partial charge in [0, 0.05) is 20.1 Å². The summed E-state index contributed by atoms with van der Waals surface area (Å²) in [7, 11) is 3.84. The van der Waals surface area contributed by atoms with E-state index < -0.39 is 0 Å². The minimum absolute atomic E-state index is 0.156. The van der Waals surface area contributed by atoms with Gasteiger partial charge in [-0.1, -0.05) is 33.8 Å². The van der Waals surface area contributed by atoms with Crippen molar-refractivity contribution in [2.45, 2.75) is 33.1 Å². The van der Waals surface area contributed by atoms with Crippen molar-refractivity contribution in [3.8, 4) is 5.75 Å². The van der Waals surface area contributed by atoms with Gasteiger partial charge in [-0.15, -0.1) is 0 Å². The van der Waals surface area contributed by atoms with Crippen molar-refractivity contribution >= 4 is 5.69 Å². The Labute approximate surface area is 118 Å². The molecule has 0 bridgehead atoms. The van der Waals surface area contributed by atoms with Gasteiger partial charge in [0.15, 0.2) is 0 Å². The van der Waals surface area contributed by atoms with Gasteiger partial charge in [0.25, 0.3) is 0 Å². The fourth-order valence-corrected chi connectivity index (χ4v) is 2.00. The number of likely N-dealkylation sites (N-methyl/N-ethyl adjacent to an activating group) is 2. The van der Waals surface area contributed by atoms with E-state index in [0.717, 1.165) is 31.1 Å². The van der Waals surface area contributed by atoms with Crippen LogP contribution >= 0.6 is 0 Å². The molecule has 1 N–H and O–H groups in total. The lowest BCUT2D eigenvalue weighted by molar-refractivity contribution is 0.414. The van der Waals surface area contributed by atoms with E-state index in [9.17, 15) is 0 Å². The number of hydrogen-bond donors (Lipinski definition) is 1. The van der Waals surface area contributed by atoms with Gasteiger partial charge in [-0.3, -0.25) is 0 Å². The summed E-state index contributed by atoms with van der Waals surface area (Å²) in [4.78, 5) is 2.25. The Morgan fingerprint density at radius 2 is 1.95 bits per heavy atom. The number of nitrogens with one attached hydrogen (secondary N) is 1. The molecule has 1 aromatic carbocycles. The summed E-state index contributed by atoms with van der Waals surface area (Å²) in [5.74, 6) is 0.937. The Morgan fingerprint density at radius 3 is 2.47 bits per heavy atom. The largest absolute Gasteiger partial charge is 0.495 e. The van der Waals surface area contributed by atoms with Crippen molar-refractivity contribution in [3.63, 3.8) is 0 Å². The highest BCUT2D eigenvalue weighted by Gasteiger charge is 2.17. The molecule has 0 atom stereocenters. The summed E-state index contributed by atoms with van der Waals surface area (Å²) < 4.78 is 5.48. The number of anilines is 1. The first-order valence-corrected chi connectivity index (χ1v) is 7.00. The molecule has 108 valence electrons. The van der Waals surface area contributed by atoms with Gasteiger partial charge >= 0.3 is 0 Å². The van der Waals surface area contributed by atoms with Crippen LogP contribution < -0.4 is 15.0 Å². The summed E-state index contributed by atoms with van der Waals surface area (Å²) >= 11 is 0. The Kier molecular flexibility index (Phi) is 5.67. The van der Waals surface area contributed by atoms with Crippen LogP contribution in [0.25, 0.3) is 0 Å². The van der Waals surface area contributed by atoms with Crippen molar-refractivity contribution in [2.24, 2.45) is 0 Å². The van der Waals surface area contributed by atoms with Crippen LogP contribution in [0.2, 0.25) is 0 Å². The van der Waals surface area contributed by atoms with Crippen molar-refractivity contribution in [3.05, 3.63) is 23.8 Å². The van der Waals surface area contributed by atoms with E-state index in [1.165, 1.54) is 5.56 Å². The molecule has 0 radical (unpaired) electrons. The molecule has 1 aromatic rings. The summed E-state index contributed by atoms with van der Waals surface area (Å²) in [6, 6.07) is 6.46. The zero-order valence-corrected chi connectivity index (χ0v) is 13.2. The second kappa shape index (κ2) is 6.80. The Hall–Kier alpha value is -1.22. The molecule has 3 nitrogen and oxygen atoms in total. The molecule has 1 rings (SSSR count). The number of nitrogens with zero attached hydrogens (tertiary/aromatic N) is 1. The monoisotopic (exact) mass is 264 g/mol. The van der Waals surface area contributed by atoms with Gasteiger partial charge < -0.3 is 15.0 Å². The highest BCUT2D eigenvalue weighted by molar-refractivity contribution is 5.60. The normalized spacial score (nSPS) is 11.5. The minimum Gasteiger partial charge on any atom is -0.495 e. The number of rotatable bonds is 6. The number of benzene rings is 1. The smallest absolute Gasteiger partial charge is 0.142 e. The van der Waals surface area contributed by atoms with E-state index in [1.54, 1.807) is 7.11 Å². The van der Waals surface area contributed by atoms with Crippen molar-refractivity contribution in [1.82, 2.24) is 5.32 Å². The van der Waals surface area contributed by atoms with Crippen LogP contribution in [0.4, 0.5) is 5.69 Å². The van der Waals surface area contributed by atoms with E-state index in [-0.39, 0.29) is 5.41 Å². The molecule has 0 unspecified atom stereocenters. The molecule has 3 heteroatoms. The molecule has 0 aliphatic rings. The predicted octanol–water partition coefficient (Wildman–Crippen LogP) is 3.04. The molecule has 0 aromatic heterocycles. The van der Waals surface area contributed by atoms with E-state index >= 15 is 0 Å². The second-order valence-corrected chi connectivity index (χ2v) is 5.91. The molecule has 19 heavy (non-hydrogen) atoms. The summed E-state index contributed by atoms with van der Waals surface area (Å²) in [6.07, 6.45) is 0. The molecule has 0 amide bonds. The van der Waals surface area contributed by atoms with Crippen LogP contribution in [0.5, 0.6) is 5.75 Å². The Morgan fingerprint density at radius 1 is 1.26 bits per heavy atom. The van der Waals surface area contributed by atoms with Gasteiger partial charge in [0.2, 0.25) is 0 Å². The first-order valence-electron chi connectivity index (χ1n) is 7.00. The fourth-order valence-electron chi connectivity index (χ4n) is 2.00. The topological polar surface area (TPSA) is 24.5 Å². The van der Waals surface area contributed by atoms with Gasteiger partial charge in [0.1, 0.15) is 5.75 Å². The molecule has 0 aliphatic carbocycles. The number of methoxy groups -OCH3 is 1. The van der Waals surface area contributed by atoms with Crippen LogP contribution in [-0.4, -0.2) is 33.8 Å².